The average Bonchev–Trinajstić information content (AvgIpc) is 2.38. The van der Waals surface area contributed by atoms with Crippen LogP contribution >= 0.6 is 0 Å². The molecule has 110 valence electrons. The third-order valence-corrected chi connectivity index (χ3v) is 3.22. The van der Waals surface area contributed by atoms with E-state index < -0.39 is 4.92 Å². The number of benzene rings is 1. The van der Waals surface area contributed by atoms with Gasteiger partial charge >= 0.3 is 0 Å². The van der Waals surface area contributed by atoms with Crippen molar-refractivity contribution in [2.75, 3.05) is 26.2 Å². The van der Waals surface area contributed by atoms with Crippen LogP contribution in [0.25, 0.3) is 0 Å². The normalized spacial score (nSPS) is 23.5. The molecule has 2 atom stereocenters. The molecule has 0 bridgehead atoms. The lowest BCUT2D eigenvalue weighted by Crippen LogP contribution is -2.46. The molecule has 0 radical (unpaired) electrons. The number of ether oxygens (including phenoxy) is 2. The summed E-state index contributed by atoms with van der Waals surface area (Å²) in [4.78, 5) is 12.4. The van der Waals surface area contributed by atoms with E-state index in [2.05, 4.69) is 18.7 Å². The first-order chi connectivity index (χ1) is 9.54. The first kappa shape index (κ1) is 14.7. The van der Waals surface area contributed by atoms with E-state index >= 15 is 0 Å². The summed E-state index contributed by atoms with van der Waals surface area (Å²) in [5.41, 5.74) is 0.0770. The molecule has 0 unspecified atom stereocenters. The van der Waals surface area contributed by atoms with Crippen molar-refractivity contribution in [2.45, 2.75) is 26.1 Å². The number of morpholine rings is 1. The third kappa shape index (κ3) is 4.18. The van der Waals surface area contributed by atoms with Gasteiger partial charge in [-0.2, -0.15) is 0 Å². The molecule has 6 nitrogen and oxygen atoms in total. The van der Waals surface area contributed by atoms with Gasteiger partial charge in [0.25, 0.3) is 5.69 Å². The highest BCUT2D eigenvalue weighted by Crippen LogP contribution is 2.17. The van der Waals surface area contributed by atoms with Crippen LogP contribution < -0.4 is 4.74 Å². The van der Waals surface area contributed by atoms with Crippen LogP contribution in [0.5, 0.6) is 5.75 Å². The molecule has 1 aliphatic rings. The van der Waals surface area contributed by atoms with Crippen LogP contribution in [0.15, 0.2) is 24.3 Å². The lowest BCUT2D eigenvalue weighted by Gasteiger charge is -2.35. The summed E-state index contributed by atoms with van der Waals surface area (Å²) in [5, 5.41) is 10.5. The van der Waals surface area contributed by atoms with Gasteiger partial charge in [-0.3, -0.25) is 15.0 Å². The number of nitro groups is 1. The number of nitro benzene ring substituents is 1. The summed E-state index contributed by atoms with van der Waals surface area (Å²) in [6.45, 7) is 7.36. The molecule has 0 spiro atoms. The molecule has 0 amide bonds. The SMILES string of the molecule is C[C@@H]1CN(CCOc2ccc([N+](=O)[O-])cc2)C[C@@H](C)O1. The van der Waals surface area contributed by atoms with Gasteiger partial charge in [-0.15, -0.1) is 0 Å². The summed E-state index contributed by atoms with van der Waals surface area (Å²) in [7, 11) is 0. The monoisotopic (exact) mass is 280 g/mol. The minimum Gasteiger partial charge on any atom is -0.492 e. The van der Waals surface area contributed by atoms with E-state index in [1.165, 1.54) is 12.1 Å². The molecule has 0 N–H and O–H groups in total. The Labute approximate surface area is 118 Å². The van der Waals surface area contributed by atoms with Crippen LogP contribution in [0.2, 0.25) is 0 Å². The number of non-ortho nitro benzene ring substituents is 1. The predicted octanol–water partition coefficient (Wildman–Crippen LogP) is 2.08. The number of hydrogen-bond acceptors (Lipinski definition) is 5. The van der Waals surface area contributed by atoms with Crippen molar-refractivity contribution >= 4 is 5.69 Å². The fourth-order valence-corrected chi connectivity index (χ4v) is 2.42. The zero-order chi connectivity index (χ0) is 14.5. The zero-order valence-corrected chi connectivity index (χ0v) is 11.8. The summed E-state index contributed by atoms with van der Waals surface area (Å²) < 4.78 is 11.3. The molecule has 0 aliphatic carbocycles. The van der Waals surface area contributed by atoms with Gasteiger partial charge in [0.15, 0.2) is 0 Å². The Balaban J connectivity index is 1.76. The van der Waals surface area contributed by atoms with Gasteiger partial charge in [-0.1, -0.05) is 0 Å². The first-order valence-corrected chi connectivity index (χ1v) is 6.79. The average molecular weight is 280 g/mol. The second kappa shape index (κ2) is 6.67. The molecule has 1 saturated heterocycles. The van der Waals surface area contributed by atoms with Gasteiger partial charge in [-0.25, -0.2) is 0 Å². The molecule has 20 heavy (non-hydrogen) atoms. The van der Waals surface area contributed by atoms with Crippen LogP contribution in [0.1, 0.15) is 13.8 Å². The third-order valence-electron chi connectivity index (χ3n) is 3.22. The first-order valence-electron chi connectivity index (χ1n) is 6.79. The number of nitrogens with zero attached hydrogens (tertiary/aromatic N) is 2. The van der Waals surface area contributed by atoms with Crippen LogP contribution in [-0.2, 0) is 4.74 Å². The van der Waals surface area contributed by atoms with Gasteiger partial charge in [-0.05, 0) is 26.0 Å². The second-order valence-corrected chi connectivity index (χ2v) is 5.12. The minimum absolute atomic E-state index is 0.0770. The van der Waals surface area contributed by atoms with Gasteiger partial charge in [0.1, 0.15) is 12.4 Å². The van der Waals surface area contributed by atoms with Crippen molar-refractivity contribution in [2.24, 2.45) is 0 Å². The van der Waals surface area contributed by atoms with Crippen LogP contribution in [0, 0.1) is 10.1 Å². The van der Waals surface area contributed by atoms with E-state index in [0.29, 0.717) is 12.4 Å². The van der Waals surface area contributed by atoms with Crippen LogP contribution in [0.3, 0.4) is 0 Å². The Kier molecular flexibility index (Phi) is 4.92. The molecule has 1 heterocycles. The quantitative estimate of drug-likeness (QED) is 0.610. The largest absolute Gasteiger partial charge is 0.492 e. The van der Waals surface area contributed by atoms with E-state index in [-0.39, 0.29) is 17.9 Å². The fraction of sp³-hybridized carbons (Fsp3) is 0.571. The Morgan fingerprint density at radius 1 is 1.30 bits per heavy atom. The van der Waals surface area contributed by atoms with Gasteiger partial charge < -0.3 is 9.47 Å². The van der Waals surface area contributed by atoms with E-state index in [9.17, 15) is 10.1 Å². The topological polar surface area (TPSA) is 64.8 Å². The van der Waals surface area contributed by atoms with Crippen molar-refractivity contribution in [3.05, 3.63) is 34.4 Å². The fourth-order valence-electron chi connectivity index (χ4n) is 2.42. The van der Waals surface area contributed by atoms with Crippen molar-refractivity contribution in [3.63, 3.8) is 0 Å². The molecule has 1 fully saturated rings. The van der Waals surface area contributed by atoms with E-state index in [1.807, 2.05) is 0 Å². The smallest absolute Gasteiger partial charge is 0.269 e. The van der Waals surface area contributed by atoms with E-state index in [1.54, 1.807) is 12.1 Å². The number of rotatable bonds is 5. The molecule has 1 aliphatic heterocycles. The predicted molar refractivity (Wildman–Crippen MR) is 75.0 cm³/mol. The summed E-state index contributed by atoms with van der Waals surface area (Å²) in [6, 6.07) is 6.16. The van der Waals surface area contributed by atoms with Crippen LogP contribution in [0.4, 0.5) is 5.69 Å². The molecule has 1 aromatic rings. The number of hydrogen-bond donors (Lipinski definition) is 0. The highest BCUT2D eigenvalue weighted by Gasteiger charge is 2.21. The highest BCUT2D eigenvalue weighted by molar-refractivity contribution is 5.35. The zero-order valence-electron chi connectivity index (χ0n) is 11.8. The van der Waals surface area contributed by atoms with Gasteiger partial charge in [0.2, 0.25) is 0 Å². The Hall–Kier alpha value is -1.66. The maximum atomic E-state index is 10.5. The maximum Gasteiger partial charge on any atom is 0.269 e. The van der Waals surface area contributed by atoms with Gasteiger partial charge in [0.05, 0.1) is 17.1 Å². The second-order valence-electron chi connectivity index (χ2n) is 5.12. The van der Waals surface area contributed by atoms with Crippen molar-refractivity contribution < 1.29 is 14.4 Å². The van der Waals surface area contributed by atoms with Crippen molar-refractivity contribution in [1.29, 1.82) is 0 Å². The Bertz CT molecular complexity index is 439. The molecule has 0 aromatic heterocycles. The standard InChI is InChI=1S/C14H20N2O4/c1-11-9-15(10-12(2)20-11)7-8-19-14-5-3-13(4-6-14)16(17)18/h3-6,11-12H,7-10H2,1-2H3/t11-,12-/m1/s1. The molecule has 0 saturated carbocycles. The van der Waals surface area contributed by atoms with E-state index in [4.69, 9.17) is 9.47 Å². The highest BCUT2D eigenvalue weighted by atomic mass is 16.6. The summed E-state index contributed by atoms with van der Waals surface area (Å²) in [6.07, 6.45) is 0.497. The lowest BCUT2D eigenvalue weighted by atomic mass is 10.2. The van der Waals surface area contributed by atoms with Gasteiger partial charge in [0, 0.05) is 31.8 Å². The molecule has 6 heteroatoms. The molecular formula is C14H20N2O4. The maximum absolute atomic E-state index is 10.5. The molecule has 1 aromatic carbocycles. The summed E-state index contributed by atoms with van der Waals surface area (Å²) >= 11 is 0. The Morgan fingerprint density at radius 2 is 1.90 bits per heavy atom. The Morgan fingerprint density at radius 3 is 2.45 bits per heavy atom. The lowest BCUT2D eigenvalue weighted by molar-refractivity contribution is -0.384. The molecule has 2 rings (SSSR count). The van der Waals surface area contributed by atoms with E-state index in [0.717, 1.165) is 19.6 Å². The van der Waals surface area contributed by atoms with Crippen LogP contribution in [-0.4, -0.2) is 48.3 Å². The van der Waals surface area contributed by atoms with Crippen molar-refractivity contribution in [3.8, 4) is 5.75 Å². The molecular weight excluding hydrogens is 260 g/mol. The summed E-state index contributed by atoms with van der Waals surface area (Å²) in [5.74, 6) is 0.657. The minimum atomic E-state index is -0.416. The van der Waals surface area contributed by atoms with Crippen molar-refractivity contribution in [1.82, 2.24) is 4.90 Å².